The lowest BCUT2D eigenvalue weighted by Gasteiger charge is -2.30. The largest absolute Gasteiger partial charge is 0.453 e. The lowest BCUT2D eigenvalue weighted by molar-refractivity contribution is -0.135. The first kappa shape index (κ1) is 25.3. The quantitative estimate of drug-likeness (QED) is 0.316. The fraction of sp³-hybridized carbons (Fsp3) is 0.310. The van der Waals surface area contributed by atoms with Crippen LogP contribution in [-0.2, 0) is 9.53 Å². The standard InChI is InChI=1S/C29H32N6O3/c1-18(2)26(34-29(37)38-3)28(36)35-14-4-5-25(35)27-31-16-24(33-27)22-12-8-20(9-13-22)19-6-10-21(11-7-19)23-15-30-17-32-23/h6-13,15-18,25-26H,4-5,14H2,1-3H3,(H,30,32)(H,31,33)(H,34,37)/t25-,26-/m0/s1. The van der Waals surface area contributed by atoms with E-state index in [2.05, 4.69) is 73.8 Å². The molecule has 9 heteroatoms. The Morgan fingerprint density at radius 3 is 2.26 bits per heavy atom. The highest BCUT2D eigenvalue weighted by molar-refractivity contribution is 5.86. The molecule has 9 nitrogen and oxygen atoms in total. The van der Waals surface area contributed by atoms with Crippen molar-refractivity contribution in [3.8, 4) is 33.6 Å². The zero-order chi connectivity index (χ0) is 26.6. The van der Waals surface area contributed by atoms with Crippen LogP contribution < -0.4 is 5.32 Å². The summed E-state index contributed by atoms with van der Waals surface area (Å²) in [5.41, 5.74) is 6.14. The molecule has 1 aliphatic heterocycles. The van der Waals surface area contributed by atoms with Crippen molar-refractivity contribution in [3.05, 3.63) is 73.1 Å². The van der Waals surface area contributed by atoms with Crippen LogP contribution in [0.15, 0.2) is 67.3 Å². The van der Waals surface area contributed by atoms with Crippen molar-refractivity contribution in [2.75, 3.05) is 13.7 Å². The number of alkyl carbamates (subject to hydrolysis) is 1. The van der Waals surface area contributed by atoms with E-state index in [-0.39, 0.29) is 17.9 Å². The van der Waals surface area contributed by atoms with Crippen LogP contribution in [0.3, 0.4) is 0 Å². The molecule has 0 saturated carbocycles. The molecule has 0 aliphatic carbocycles. The number of imidazole rings is 2. The van der Waals surface area contributed by atoms with Gasteiger partial charge in [0, 0.05) is 18.3 Å². The zero-order valence-corrected chi connectivity index (χ0v) is 21.8. The summed E-state index contributed by atoms with van der Waals surface area (Å²) in [7, 11) is 1.30. The minimum Gasteiger partial charge on any atom is -0.453 e. The summed E-state index contributed by atoms with van der Waals surface area (Å²) < 4.78 is 4.72. The minimum absolute atomic E-state index is 0.0740. The lowest BCUT2D eigenvalue weighted by atomic mass is 10.0. The number of carbonyl (C=O) groups excluding carboxylic acids is 2. The van der Waals surface area contributed by atoms with Gasteiger partial charge in [-0.15, -0.1) is 0 Å². The Morgan fingerprint density at radius 2 is 1.66 bits per heavy atom. The van der Waals surface area contributed by atoms with Crippen LogP contribution in [-0.4, -0.2) is 56.5 Å². The van der Waals surface area contributed by atoms with Gasteiger partial charge in [-0.05, 0) is 35.4 Å². The van der Waals surface area contributed by atoms with Crippen LogP contribution >= 0.6 is 0 Å². The average Bonchev–Trinajstić information content (AvgIpc) is 3.73. The van der Waals surface area contributed by atoms with Crippen LogP contribution in [0.25, 0.3) is 33.6 Å². The third kappa shape index (κ3) is 5.18. The van der Waals surface area contributed by atoms with E-state index in [9.17, 15) is 9.59 Å². The molecule has 2 amide bonds. The Bertz CT molecular complexity index is 1380. The molecule has 2 aromatic heterocycles. The van der Waals surface area contributed by atoms with E-state index in [4.69, 9.17) is 4.74 Å². The topological polar surface area (TPSA) is 116 Å². The van der Waals surface area contributed by atoms with Crippen LogP contribution in [0.5, 0.6) is 0 Å². The molecule has 0 spiro atoms. The number of aromatic nitrogens is 4. The molecular formula is C29H32N6O3. The van der Waals surface area contributed by atoms with Gasteiger partial charge in [0.1, 0.15) is 11.9 Å². The van der Waals surface area contributed by atoms with Crippen LogP contribution in [0.2, 0.25) is 0 Å². The number of methoxy groups -OCH3 is 1. The highest BCUT2D eigenvalue weighted by atomic mass is 16.5. The second kappa shape index (κ2) is 10.9. The van der Waals surface area contributed by atoms with Gasteiger partial charge in [-0.1, -0.05) is 62.4 Å². The number of likely N-dealkylation sites (tertiary alicyclic amines) is 1. The van der Waals surface area contributed by atoms with Gasteiger partial charge in [0.25, 0.3) is 0 Å². The first-order chi connectivity index (χ1) is 18.4. The number of nitrogens with zero attached hydrogens (tertiary/aromatic N) is 3. The SMILES string of the molecule is COC(=O)N[C@H](C(=O)N1CCC[C@H]1c1ncc(-c2ccc(-c3ccc(-c4c[nH]cn4)cc3)cc2)[nH]1)C(C)C. The van der Waals surface area contributed by atoms with Crippen molar-refractivity contribution < 1.29 is 14.3 Å². The van der Waals surface area contributed by atoms with Gasteiger partial charge in [-0.25, -0.2) is 14.8 Å². The smallest absolute Gasteiger partial charge is 0.407 e. The molecule has 3 N–H and O–H groups in total. The fourth-order valence-corrected chi connectivity index (χ4v) is 4.94. The van der Waals surface area contributed by atoms with Gasteiger partial charge in [0.2, 0.25) is 5.91 Å². The molecule has 5 rings (SSSR count). The highest BCUT2D eigenvalue weighted by Crippen LogP contribution is 2.33. The van der Waals surface area contributed by atoms with Gasteiger partial charge < -0.3 is 24.9 Å². The summed E-state index contributed by atoms with van der Waals surface area (Å²) in [4.78, 5) is 42.3. The van der Waals surface area contributed by atoms with Crippen molar-refractivity contribution in [1.82, 2.24) is 30.2 Å². The fourth-order valence-electron chi connectivity index (χ4n) is 4.94. The molecule has 3 heterocycles. The first-order valence-electron chi connectivity index (χ1n) is 12.8. The summed E-state index contributed by atoms with van der Waals surface area (Å²) in [5.74, 6) is 0.563. The van der Waals surface area contributed by atoms with E-state index in [0.717, 1.165) is 52.3 Å². The Balaban J connectivity index is 1.30. The zero-order valence-electron chi connectivity index (χ0n) is 21.8. The van der Waals surface area contributed by atoms with E-state index in [1.165, 1.54) is 7.11 Å². The number of carbonyl (C=O) groups is 2. The second-order valence-electron chi connectivity index (χ2n) is 9.84. The molecule has 0 radical (unpaired) electrons. The van der Waals surface area contributed by atoms with Crippen molar-refractivity contribution in [3.63, 3.8) is 0 Å². The average molecular weight is 513 g/mol. The Hall–Kier alpha value is -4.40. The number of rotatable bonds is 7. The summed E-state index contributed by atoms with van der Waals surface area (Å²) >= 11 is 0. The lowest BCUT2D eigenvalue weighted by Crippen LogP contribution is -2.51. The summed E-state index contributed by atoms with van der Waals surface area (Å²) in [6, 6.07) is 15.8. The van der Waals surface area contributed by atoms with E-state index < -0.39 is 12.1 Å². The second-order valence-corrected chi connectivity index (χ2v) is 9.84. The maximum absolute atomic E-state index is 13.4. The molecule has 2 aromatic carbocycles. The number of amides is 2. The Labute approximate surface area is 221 Å². The van der Waals surface area contributed by atoms with Crippen LogP contribution in [0, 0.1) is 5.92 Å². The molecule has 0 bridgehead atoms. The van der Waals surface area contributed by atoms with E-state index in [1.807, 2.05) is 31.1 Å². The first-order valence-corrected chi connectivity index (χ1v) is 12.8. The molecule has 0 unspecified atom stereocenters. The van der Waals surface area contributed by atoms with Gasteiger partial charge in [-0.2, -0.15) is 0 Å². The van der Waals surface area contributed by atoms with Crippen LogP contribution in [0.1, 0.15) is 38.6 Å². The van der Waals surface area contributed by atoms with Crippen molar-refractivity contribution in [2.24, 2.45) is 5.92 Å². The number of H-pyrrole nitrogens is 2. The molecule has 4 aromatic rings. The molecule has 1 fully saturated rings. The predicted molar refractivity (Wildman–Crippen MR) is 145 cm³/mol. The van der Waals surface area contributed by atoms with E-state index in [0.29, 0.717) is 6.54 Å². The van der Waals surface area contributed by atoms with Gasteiger partial charge in [0.05, 0.1) is 37.1 Å². The minimum atomic E-state index is -0.654. The highest BCUT2D eigenvalue weighted by Gasteiger charge is 2.37. The van der Waals surface area contributed by atoms with Gasteiger partial charge >= 0.3 is 6.09 Å². The summed E-state index contributed by atoms with van der Waals surface area (Å²) in [5, 5.41) is 2.69. The third-order valence-corrected chi connectivity index (χ3v) is 7.05. The molecule has 1 aliphatic rings. The van der Waals surface area contributed by atoms with Gasteiger partial charge in [0.15, 0.2) is 0 Å². The monoisotopic (exact) mass is 512 g/mol. The number of nitrogens with one attached hydrogen (secondary N) is 3. The molecule has 196 valence electrons. The third-order valence-electron chi connectivity index (χ3n) is 7.05. The van der Waals surface area contributed by atoms with Crippen molar-refractivity contribution >= 4 is 12.0 Å². The summed E-state index contributed by atoms with van der Waals surface area (Å²) in [6.45, 7) is 4.44. The molecule has 38 heavy (non-hydrogen) atoms. The molecule has 2 atom stereocenters. The van der Waals surface area contributed by atoms with Gasteiger partial charge in [-0.3, -0.25) is 4.79 Å². The van der Waals surface area contributed by atoms with Crippen LogP contribution in [0.4, 0.5) is 4.79 Å². The van der Waals surface area contributed by atoms with E-state index >= 15 is 0 Å². The Morgan fingerprint density at radius 1 is 1.00 bits per heavy atom. The maximum Gasteiger partial charge on any atom is 0.407 e. The Kier molecular flexibility index (Phi) is 7.26. The number of hydrogen-bond acceptors (Lipinski definition) is 5. The number of ether oxygens (including phenoxy) is 1. The maximum atomic E-state index is 13.4. The number of benzene rings is 2. The molecular weight excluding hydrogens is 480 g/mol. The van der Waals surface area contributed by atoms with E-state index in [1.54, 1.807) is 6.33 Å². The number of aromatic amines is 2. The molecule has 1 saturated heterocycles. The van der Waals surface area contributed by atoms with Crippen molar-refractivity contribution in [2.45, 2.75) is 38.8 Å². The number of hydrogen-bond donors (Lipinski definition) is 3. The summed E-state index contributed by atoms with van der Waals surface area (Å²) in [6.07, 6.45) is 6.46. The predicted octanol–water partition coefficient (Wildman–Crippen LogP) is 5.18. The normalized spacial score (nSPS) is 16.0. The van der Waals surface area contributed by atoms with Crippen molar-refractivity contribution in [1.29, 1.82) is 0 Å².